The van der Waals surface area contributed by atoms with Crippen molar-refractivity contribution in [3.8, 4) is 0 Å². The molecule has 8 nitrogen and oxygen atoms in total. The van der Waals surface area contributed by atoms with Gasteiger partial charge in [-0.25, -0.2) is 19.3 Å². The Morgan fingerprint density at radius 1 is 1.26 bits per heavy atom. The Kier molecular flexibility index (Phi) is 6.20. The van der Waals surface area contributed by atoms with Gasteiger partial charge in [-0.3, -0.25) is 0 Å². The first-order valence-corrected chi connectivity index (χ1v) is 8.69. The summed E-state index contributed by atoms with van der Waals surface area (Å²) in [7, 11) is 1.59. The molecule has 1 N–H and O–H groups in total. The van der Waals surface area contributed by atoms with Crippen LogP contribution < -0.4 is 0 Å². The Morgan fingerprint density at radius 3 is 2.44 bits per heavy atom. The smallest absolute Gasteiger partial charge is 0.410 e. The first-order valence-electron chi connectivity index (χ1n) is 8.69. The second-order valence-corrected chi connectivity index (χ2v) is 7.40. The number of carbonyl (C=O) groups is 2. The van der Waals surface area contributed by atoms with E-state index in [9.17, 15) is 14.7 Å². The van der Waals surface area contributed by atoms with E-state index in [0.717, 1.165) is 5.56 Å². The monoisotopic (exact) mass is 374 g/mol. The molecule has 1 amide bonds. The zero-order chi connectivity index (χ0) is 20.2. The largest absolute Gasteiger partial charge is 0.480 e. The van der Waals surface area contributed by atoms with Gasteiger partial charge in [-0.05, 0) is 33.3 Å². The maximum Gasteiger partial charge on any atom is 0.410 e. The summed E-state index contributed by atoms with van der Waals surface area (Å²) in [5, 5.41) is 14.0. The van der Waals surface area contributed by atoms with E-state index < -0.39 is 23.7 Å². The van der Waals surface area contributed by atoms with Gasteiger partial charge in [0.15, 0.2) is 11.9 Å². The van der Waals surface area contributed by atoms with Gasteiger partial charge in [0.25, 0.3) is 0 Å². The summed E-state index contributed by atoms with van der Waals surface area (Å²) in [6, 6.07) is 8.48. The van der Waals surface area contributed by atoms with Crippen molar-refractivity contribution in [3.05, 3.63) is 47.5 Å². The number of nitrogens with zero attached hydrogens (tertiary/aromatic N) is 4. The standard InChI is InChI=1S/C19H26N4O4/c1-13-20-16(12-22(5)18(26)27-19(2,3)4)21-23(13)15(17(24)25)11-14-9-7-6-8-10-14/h6-10,15H,11-12H2,1-5H3,(H,24,25). The first-order chi connectivity index (χ1) is 12.6. The normalized spacial score (nSPS) is 12.5. The van der Waals surface area contributed by atoms with Gasteiger partial charge in [-0.15, -0.1) is 0 Å². The summed E-state index contributed by atoms with van der Waals surface area (Å²) in [5.41, 5.74) is 0.297. The van der Waals surface area contributed by atoms with E-state index in [2.05, 4.69) is 10.1 Å². The third-order valence-corrected chi connectivity index (χ3v) is 3.78. The summed E-state index contributed by atoms with van der Waals surface area (Å²) < 4.78 is 6.70. The van der Waals surface area contributed by atoms with Crippen LogP contribution >= 0.6 is 0 Å². The maximum atomic E-state index is 12.1. The van der Waals surface area contributed by atoms with Crippen molar-refractivity contribution in [2.24, 2.45) is 0 Å². The topological polar surface area (TPSA) is 97.6 Å². The second kappa shape index (κ2) is 8.20. The molecule has 27 heavy (non-hydrogen) atoms. The van der Waals surface area contributed by atoms with Gasteiger partial charge < -0.3 is 14.7 Å². The van der Waals surface area contributed by atoms with Gasteiger partial charge in [-0.1, -0.05) is 30.3 Å². The average molecular weight is 374 g/mol. The van der Waals surface area contributed by atoms with Crippen molar-refractivity contribution in [2.75, 3.05) is 7.05 Å². The van der Waals surface area contributed by atoms with Crippen LogP contribution in [0.3, 0.4) is 0 Å². The van der Waals surface area contributed by atoms with Gasteiger partial charge in [0.05, 0.1) is 6.54 Å². The molecule has 0 fully saturated rings. The van der Waals surface area contributed by atoms with Crippen molar-refractivity contribution in [1.29, 1.82) is 0 Å². The molecule has 0 aliphatic carbocycles. The summed E-state index contributed by atoms with van der Waals surface area (Å²) in [6.45, 7) is 7.19. The number of amides is 1. The average Bonchev–Trinajstić information content (AvgIpc) is 2.91. The molecule has 1 aromatic carbocycles. The predicted molar refractivity (Wildman–Crippen MR) is 99.3 cm³/mol. The minimum atomic E-state index is -0.987. The molecule has 0 radical (unpaired) electrons. The lowest BCUT2D eigenvalue weighted by atomic mass is 10.1. The third kappa shape index (κ3) is 5.80. The number of ether oxygens (including phenoxy) is 1. The number of carbonyl (C=O) groups excluding carboxylic acids is 1. The number of carboxylic acid groups (broad SMARTS) is 1. The van der Waals surface area contributed by atoms with Crippen molar-refractivity contribution >= 4 is 12.1 Å². The van der Waals surface area contributed by atoms with E-state index in [1.54, 1.807) is 34.7 Å². The highest BCUT2D eigenvalue weighted by atomic mass is 16.6. The summed E-state index contributed by atoms with van der Waals surface area (Å²) in [4.78, 5) is 29.5. The number of hydrogen-bond donors (Lipinski definition) is 1. The van der Waals surface area contributed by atoms with Crippen LogP contribution in [0, 0.1) is 6.92 Å². The van der Waals surface area contributed by atoms with Crippen molar-refractivity contribution in [3.63, 3.8) is 0 Å². The lowest BCUT2D eigenvalue weighted by Gasteiger charge is -2.23. The highest BCUT2D eigenvalue weighted by molar-refractivity contribution is 5.72. The van der Waals surface area contributed by atoms with Crippen LogP contribution in [-0.4, -0.2) is 49.5 Å². The molecule has 1 atom stereocenters. The Labute approximate surface area is 158 Å². The molecule has 1 aromatic heterocycles. The molecule has 1 heterocycles. The zero-order valence-electron chi connectivity index (χ0n) is 16.3. The molecule has 146 valence electrons. The van der Waals surface area contributed by atoms with Gasteiger partial charge in [0.2, 0.25) is 0 Å². The van der Waals surface area contributed by atoms with Crippen molar-refractivity contribution in [2.45, 2.75) is 52.3 Å². The SMILES string of the molecule is Cc1nc(CN(C)C(=O)OC(C)(C)C)nn1C(Cc1ccccc1)C(=O)O. The Morgan fingerprint density at radius 2 is 1.89 bits per heavy atom. The van der Waals surface area contributed by atoms with Crippen molar-refractivity contribution < 1.29 is 19.4 Å². The van der Waals surface area contributed by atoms with Gasteiger partial charge >= 0.3 is 12.1 Å². The molecule has 0 spiro atoms. The highest BCUT2D eigenvalue weighted by Crippen LogP contribution is 2.17. The number of aryl methyl sites for hydroxylation is 1. The molecule has 8 heteroatoms. The molecule has 0 aliphatic heterocycles. The van der Waals surface area contributed by atoms with Crippen LogP contribution in [0.25, 0.3) is 0 Å². The number of carboxylic acids is 1. The van der Waals surface area contributed by atoms with E-state index in [4.69, 9.17) is 4.74 Å². The molecule has 0 saturated heterocycles. The first kappa shape index (κ1) is 20.4. The lowest BCUT2D eigenvalue weighted by Crippen LogP contribution is -2.34. The van der Waals surface area contributed by atoms with Gasteiger partial charge in [-0.2, -0.15) is 5.10 Å². The summed E-state index contributed by atoms with van der Waals surface area (Å²) >= 11 is 0. The van der Waals surface area contributed by atoms with E-state index in [1.165, 1.54) is 9.58 Å². The minimum absolute atomic E-state index is 0.125. The molecule has 0 aliphatic rings. The van der Waals surface area contributed by atoms with Crippen LogP contribution in [0.1, 0.15) is 44.0 Å². The molecule has 1 unspecified atom stereocenters. The molecular weight excluding hydrogens is 348 g/mol. The predicted octanol–water partition coefficient (Wildman–Crippen LogP) is 2.82. The van der Waals surface area contributed by atoms with Crippen LogP contribution in [0.5, 0.6) is 0 Å². The summed E-state index contributed by atoms with van der Waals surface area (Å²) in [6.07, 6.45) is -0.197. The van der Waals surface area contributed by atoms with Crippen molar-refractivity contribution in [1.82, 2.24) is 19.7 Å². The number of aromatic nitrogens is 3. The fraction of sp³-hybridized carbons (Fsp3) is 0.474. The van der Waals surface area contributed by atoms with Gasteiger partial charge in [0.1, 0.15) is 11.4 Å². The maximum absolute atomic E-state index is 12.1. The molecule has 0 bridgehead atoms. The fourth-order valence-electron chi connectivity index (χ4n) is 2.55. The Balaban J connectivity index is 2.15. The van der Waals surface area contributed by atoms with E-state index in [-0.39, 0.29) is 6.54 Å². The Bertz CT molecular complexity index is 796. The van der Waals surface area contributed by atoms with Gasteiger partial charge in [0, 0.05) is 13.5 Å². The minimum Gasteiger partial charge on any atom is -0.480 e. The number of hydrogen-bond acceptors (Lipinski definition) is 5. The number of benzene rings is 1. The molecular formula is C19H26N4O4. The van der Waals surface area contributed by atoms with E-state index >= 15 is 0 Å². The van der Waals surface area contributed by atoms with Crippen LogP contribution in [0.4, 0.5) is 4.79 Å². The van der Waals surface area contributed by atoms with E-state index in [0.29, 0.717) is 18.1 Å². The van der Waals surface area contributed by atoms with Crippen LogP contribution in [0.15, 0.2) is 30.3 Å². The zero-order valence-corrected chi connectivity index (χ0v) is 16.3. The highest BCUT2D eigenvalue weighted by Gasteiger charge is 2.25. The van der Waals surface area contributed by atoms with E-state index in [1.807, 2.05) is 30.3 Å². The Hall–Kier alpha value is -2.90. The third-order valence-electron chi connectivity index (χ3n) is 3.78. The quantitative estimate of drug-likeness (QED) is 0.835. The fourth-order valence-corrected chi connectivity index (χ4v) is 2.55. The molecule has 2 aromatic rings. The number of aliphatic carboxylic acids is 1. The number of rotatable bonds is 6. The lowest BCUT2D eigenvalue weighted by molar-refractivity contribution is -0.141. The molecule has 0 saturated carbocycles. The second-order valence-electron chi connectivity index (χ2n) is 7.40. The van der Waals surface area contributed by atoms with Crippen LogP contribution in [0.2, 0.25) is 0 Å². The summed E-state index contributed by atoms with van der Waals surface area (Å²) in [5.74, 6) is -0.148. The van der Waals surface area contributed by atoms with Crippen LogP contribution in [-0.2, 0) is 22.5 Å². The molecule has 2 rings (SSSR count).